The first kappa shape index (κ1) is 10.4. The monoisotopic (exact) mass is 180 g/mol. The van der Waals surface area contributed by atoms with Crippen molar-refractivity contribution < 1.29 is 19.4 Å². The molecule has 0 aromatic carbocycles. The molecule has 0 unspecified atom stereocenters. The lowest BCUT2D eigenvalue weighted by molar-refractivity contribution is -0.316. The number of carbonyl (C=O) groups is 2. The van der Waals surface area contributed by atoms with E-state index in [0.717, 1.165) is 0 Å². The molecule has 0 amide bonds. The van der Waals surface area contributed by atoms with E-state index in [4.69, 9.17) is 11.6 Å². The van der Waals surface area contributed by atoms with Gasteiger partial charge >= 0.3 is 11.2 Å². The average molecular weight is 181 g/mol. The Balaban J connectivity index is 3.73. The molecule has 0 bridgehead atoms. The second-order valence-corrected chi connectivity index (χ2v) is 3.18. The Morgan fingerprint density at radius 2 is 1.73 bits per heavy atom. The van der Waals surface area contributed by atoms with Gasteiger partial charge in [0.05, 0.1) is 0 Å². The average Bonchev–Trinajstić information content (AvgIpc) is 1.80. The van der Waals surface area contributed by atoms with Crippen LogP contribution in [0, 0.1) is 0 Å². The van der Waals surface area contributed by atoms with Crippen molar-refractivity contribution in [3.63, 3.8) is 0 Å². The quantitative estimate of drug-likeness (QED) is 0.276. The third kappa shape index (κ3) is 5.82. The number of halogens is 1. The first-order valence-corrected chi connectivity index (χ1v) is 3.30. The van der Waals surface area contributed by atoms with Gasteiger partial charge in [-0.3, -0.25) is 9.68 Å². The van der Waals surface area contributed by atoms with Gasteiger partial charge in [-0.05, 0) is 32.4 Å². The van der Waals surface area contributed by atoms with E-state index >= 15 is 0 Å². The lowest BCUT2D eigenvalue weighted by atomic mass is 10.2. The summed E-state index contributed by atoms with van der Waals surface area (Å²) in [5.74, 6) is -1.21. The van der Waals surface area contributed by atoms with Crippen molar-refractivity contribution in [2.24, 2.45) is 0 Å². The van der Waals surface area contributed by atoms with Crippen LogP contribution in [0.4, 0.5) is 0 Å². The fourth-order valence-electron chi connectivity index (χ4n) is 0.196. The SMILES string of the molecule is CC(C)(C)OOC(=O)C(=O)Cl. The molecular weight excluding hydrogens is 172 g/mol. The Labute approximate surface area is 69.3 Å². The number of carbonyl (C=O) groups excluding carboxylic acids is 2. The standard InChI is InChI=1S/C6H9ClO4/c1-6(2,3)11-10-5(9)4(7)8/h1-3H3. The molecule has 0 heterocycles. The van der Waals surface area contributed by atoms with Crippen LogP contribution in [0.1, 0.15) is 20.8 Å². The van der Waals surface area contributed by atoms with Crippen LogP contribution in [0.2, 0.25) is 0 Å². The largest absolute Gasteiger partial charge is 0.424 e. The summed E-state index contributed by atoms with van der Waals surface area (Å²) in [6.45, 7) is 5.00. The third-order valence-electron chi connectivity index (χ3n) is 0.528. The van der Waals surface area contributed by atoms with E-state index in [1.54, 1.807) is 20.8 Å². The highest BCUT2D eigenvalue weighted by atomic mass is 35.5. The molecule has 0 aromatic heterocycles. The predicted octanol–water partition coefficient (Wildman–Crippen LogP) is 1.03. The van der Waals surface area contributed by atoms with Gasteiger partial charge in [0, 0.05) is 0 Å². The Bertz CT molecular complexity index is 170. The maximum atomic E-state index is 10.4. The van der Waals surface area contributed by atoms with E-state index in [1.807, 2.05) is 0 Å². The number of hydrogen-bond acceptors (Lipinski definition) is 4. The van der Waals surface area contributed by atoms with Gasteiger partial charge < -0.3 is 0 Å². The highest BCUT2D eigenvalue weighted by Gasteiger charge is 2.18. The van der Waals surface area contributed by atoms with Crippen molar-refractivity contribution >= 4 is 22.8 Å². The molecule has 0 aliphatic carbocycles. The van der Waals surface area contributed by atoms with Gasteiger partial charge in [0.1, 0.15) is 5.60 Å². The van der Waals surface area contributed by atoms with E-state index in [1.165, 1.54) is 0 Å². The topological polar surface area (TPSA) is 52.6 Å². The zero-order valence-corrected chi connectivity index (χ0v) is 7.27. The van der Waals surface area contributed by atoms with Crippen LogP contribution in [0.15, 0.2) is 0 Å². The normalized spacial score (nSPS) is 10.9. The molecule has 0 aliphatic rings. The summed E-state index contributed by atoms with van der Waals surface area (Å²) in [6.07, 6.45) is 0. The smallest absolute Gasteiger partial charge is 0.287 e. The molecule has 64 valence electrons. The molecular formula is C6H9ClO4. The molecule has 0 aromatic rings. The summed E-state index contributed by atoms with van der Waals surface area (Å²) in [7, 11) is 0. The van der Waals surface area contributed by atoms with Gasteiger partial charge in [-0.2, -0.15) is 4.89 Å². The first-order chi connectivity index (χ1) is 4.83. The molecule has 0 atom stereocenters. The fraction of sp³-hybridized carbons (Fsp3) is 0.667. The minimum Gasteiger partial charge on any atom is -0.287 e. The second-order valence-electron chi connectivity index (χ2n) is 2.84. The maximum Gasteiger partial charge on any atom is 0.424 e. The van der Waals surface area contributed by atoms with Crippen LogP contribution in [-0.2, 0) is 19.4 Å². The first-order valence-electron chi connectivity index (χ1n) is 2.92. The van der Waals surface area contributed by atoms with E-state index < -0.39 is 16.8 Å². The molecule has 0 N–H and O–H groups in total. The minimum atomic E-state index is -1.21. The van der Waals surface area contributed by atoms with E-state index in [-0.39, 0.29) is 0 Å². The number of rotatable bonds is 2. The van der Waals surface area contributed by atoms with Gasteiger partial charge in [-0.15, -0.1) is 0 Å². The van der Waals surface area contributed by atoms with E-state index in [0.29, 0.717) is 0 Å². The van der Waals surface area contributed by atoms with Crippen LogP contribution >= 0.6 is 11.6 Å². The van der Waals surface area contributed by atoms with Crippen LogP contribution in [0.5, 0.6) is 0 Å². The molecule has 0 spiro atoms. The summed E-state index contributed by atoms with van der Waals surface area (Å²) in [6, 6.07) is 0. The summed E-state index contributed by atoms with van der Waals surface area (Å²) >= 11 is 4.76. The minimum absolute atomic E-state index is 0.637. The Kier molecular flexibility index (Phi) is 3.48. The van der Waals surface area contributed by atoms with Gasteiger partial charge in [0.25, 0.3) is 0 Å². The van der Waals surface area contributed by atoms with Crippen molar-refractivity contribution in [3.8, 4) is 0 Å². The molecule has 0 radical (unpaired) electrons. The summed E-state index contributed by atoms with van der Waals surface area (Å²) in [5.41, 5.74) is -0.637. The third-order valence-corrected chi connectivity index (χ3v) is 0.682. The predicted molar refractivity (Wildman–Crippen MR) is 37.8 cm³/mol. The summed E-state index contributed by atoms with van der Waals surface area (Å²) < 4.78 is 0. The van der Waals surface area contributed by atoms with Gasteiger partial charge in [0.2, 0.25) is 0 Å². The molecule has 11 heavy (non-hydrogen) atoms. The van der Waals surface area contributed by atoms with E-state index in [9.17, 15) is 9.59 Å². The highest BCUT2D eigenvalue weighted by Crippen LogP contribution is 2.07. The van der Waals surface area contributed by atoms with Crippen LogP contribution < -0.4 is 0 Å². The Hall–Kier alpha value is -0.610. The Morgan fingerprint density at radius 3 is 2.00 bits per heavy atom. The molecule has 0 saturated carbocycles. The number of hydrogen-bond donors (Lipinski definition) is 0. The van der Waals surface area contributed by atoms with Crippen molar-refractivity contribution in [1.82, 2.24) is 0 Å². The molecule has 0 fully saturated rings. The maximum absolute atomic E-state index is 10.4. The fourth-order valence-corrected chi connectivity index (χ4v) is 0.227. The Morgan fingerprint density at radius 1 is 1.27 bits per heavy atom. The van der Waals surface area contributed by atoms with E-state index in [2.05, 4.69) is 9.78 Å². The van der Waals surface area contributed by atoms with Crippen molar-refractivity contribution in [1.29, 1.82) is 0 Å². The molecule has 0 rings (SSSR count). The van der Waals surface area contributed by atoms with Crippen molar-refractivity contribution in [2.75, 3.05) is 0 Å². The lowest BCUT2D eigenvalue weighted by Gasteiger charge is -2.15. The molecule has 0 aliphatic heterocycles. The van der Waals surface area contributed by atoms with Crippen molar-refractivity contribution in [3.05, 3.63) is 0 Å². The zero-order chi connectivity index (χ0) is 9.07. The summed E-state index contributed by atoms with van der Waals surface area (Å²) in [4.78, 5) is 29.0. The second kappa shape index (κ2) is 3.69. The summed E-state index contributed by atoms with van der Waals surface area (Å²) in [5, 5.41) is -1.20. The van der Waals surface area contributed by atoms with Crippen LogP contribution in [0.3, 0.4) is 0 Å². The molecule has 5 heteroatoms. The van der Waals surface area contributed by atoms with Gasteiger partial charge in [-0.25, -0.2) is 4.79 Å². The highest BCUT2D eigenvalue weighted by molar-refractivity contribution is 6.80. The van der Waals surface area contributed by atoms with Crippen molar-refractivity contribution in [2.45, 2.75) is 26.4 Å². The van der Waals surface area contributed by atoms with Gasteiger partial charge in [-0.1, -0.05) is 0 Å². The zero-order valence-electron chi connectivity index (χ0n) is 6.51. The van der Waals surface area contributed by atoms with Crippen LogP contribution in [0.25, 0.3) is 0 Å². The van der Waals surface area contributed by atoms with Crippen LogP contribution in [-0.4, -0.2) is 16.8 Å². The molecule has 0 saturated heterocycles. The lowest BCUT2D eigenvalue weighted by Crippen LogP contribution is -2.23. The molecule has 4 nitrogen and oxygen atoms in total. The van der Waals surface area contributed by atoms with Gasteiger partial charge in [0.15, 0.2) is 0 Å².